The van der Waals surface area contributed by atoms with Gasteiger partial charge in [-0.1, -0.05) is 0 Å². The number of hydrazine groups is 1. The lowest BCUT2D eigenvalue weighted by atomic mass is 10.2. The molecule has 4 N–H and O–H groups in total. The molecule has 0 aliphatic carbocycles. The van der Waals surface area contributed by atoms with Crippen LogP contribution in [0.1, 0.15) is 20.8 Å². The van der Waals surface area contributed by atoms with Gasteiger partial charge < -0.3 is 15.8 Å². The summed E-state index contributed by atoms with van der Waals surface area (Å²) in [4.78, 5) is 11.9. The van der Waals surface area contributed by atoms with E-state index in [4.69, 9.17) is 15.9 Å². The number of nitrogens with zero attached hydrogens (tertiary/aromatic N) is 2. The number of rotatable bonds is 1. The number of hydrogen-bond donors (Lipinski definition) is 3. The number of amides is 1. The van der Waals surface area contributed by atoms with E-state index in [0.29, 0.717) is 13.1 Å². The number of guanidine groups is 1. The van der Waals surface area contributed by atoms with Crippen molar-refractivity contribution < 1.29 is 9.53 Å². The second-order valence-electron chi connectivity index (χ2n) is 4.88. The van der Waals surface area contributed by atoms with Crippen molar-refractivity contribution in [2.75, 3.05) is 26.2 Å². The van der Waals surface area contributed by atoms with Gasteiger partial charge in [0, 0.05) is 26.2 Å². The molecule has 1 aliphatic rings. The molecule has 7 heteroatoms. The first kappa shape index (κ1) is 13.7. The van der Waals surface area contributed by atoms with Gasteiger partial charge in [0.05, 0.1) is 0 Å². The maximum absolute atomic E-state index is 11.9. The van der Waals surface area contributed by atoms with Crippen molar-refractivity contribution >= 4 is 12.1 Å². The zero-order valence-corrected chi connectivity index (χ0v) is 10.6. The highest BCUT2D eigenvalue weighted by molar-refractivity contribution is 5.90. The summed E-state index contributed by atoms with van der Waals surface area (Å²) < 4.78 is 5.22. The Kier molecular flexibility index (Phi) is 4.30. The molecule has 0 aromatic heterocycles. The molecule has 7 nitrogen and oxygen atoms in total. The molecule has 0 aromatic rings. The number of nitrogens with two attached hydrogens (primary N) is 1. The lowest BCUT2D eigenvalue weighted by molar-refractivity contribution is -0.0204. The molecule has 0 unspecified atom stereocenters. The summed E-state index contributed by atoms with van der Waals surface area (Å²) in [5.74, 6) is -0.318. The van der Waals surface area contributed by atoms with Crippen molar-refractivity contribution in [3.8, 4) is 0 Å². The molecule has 0 radical (unpaired) electrons. The predicted molar refractivity (Wildman–Crippen MR) is 64.4 cm³/mol. The van der Waals surface area contributed by atoms with Gasteiger partial charge in [0.2, 0.25) is 5.96 Å². The molecule has 98 valence electrons. The summed E-state index contributed by atoms with van der Waals surface area (Å²) in [5, 5.41) is 13.4. The highest BCUT2D eigenvalue weighted by Gasteiger charge is 2.29. The number of carbonyl (C=O) groups excluding carboxylic acids is 1. The fourth-order valence-corrected chi connectivity index (χ4v) is 1.52. The summed E-state index contributed by atoms with van der Waals surface area (Å²) in [6, 6.07) is 0. The molecule has 0 atom stereocenters. The van der Waals surface area contributed by atoms with Crippen LogP contribution in [0, 0.1) is 5.41 Å². The van der Waals surface area contributed by atoms with Crippen LogP contribution in [-0.4, -0.2) is 53.9 Å². The van der Waals surface area contributed by atoms with Crippen LogP contribution in [0.2, 0.25) is 0 Å². The van der Waals surface area contributed by atoms with E-state index in [-0.39, 0.29) is 5.96 Å². The summed E-state index contributed by atoms with van der Waals surface area (Å²) in [6.45, 7) is 8.10. The van der Waals surface area contributed by atoms with Crippen LogP contribution >= 0.6 is 0 Å². The number of hydrogen-bond acceptors (Lipinski definition) is 5. The van der Waals surface area contributed by atoms with Crippen molar-refractivity contribution in [2.24, 2.45) is 5.73 Å². The second-order valence-corrected chi connectivity index (χ2v) is 4.88. The predicted octanol–water partition coefficient (Wildman–Crippen LogP) is -0.0628. The molecular weight excluding hydrogens is 222 g/mol. The summed E-state index contributed by atoms with van der Waals surface area (Å²) in [6.07, 6.45) is -0.605. The summed E-state index contributed by atoms with van der Waals surface area (Å²) in [5.41, 5.74) is 4.84. The fraction of sp³-hybridized carbons (Fsp3) is 0.800. The van der Waals surface area contributed by atoms with E-state index in [1.807, 2.05) is 0 Å². The monoisotopic (exact) mass is 243 g/mol. The Bertz CT molecular complexity index is 294. The smallest absolute Gasteiger partial charge is 0.432 e. The molecule has 0 bridgehead atoms. The van der Waals surface area contributed by atoms with Crippen molar-refractivity contribution in [1.29, 1.82) is 5.41 Å². The van der Waals surface area contributed by atoms with E-state index in [0.717, 1.165) is 18.1 Å². The zero-order valence-electron chi connectivity index (χ0n) is 10.6. The van der Waals surface area contributed by atoms with Gasteiger partial charge in [-0.25, -0.2) is 9.80 Å². The first-order chi connectivity index (χ1) is 7.81. The first-order valence-corrected chi connectivity index (χ1v) is 5.64. The van der Waals surface area contributed by atoms with E-state index in [2.05, 4.69) is 5.32 Å². The molecule has 0 saturated carbocycles. The van der Waals surface area contributed by atoms with Crippen molar-refractivity contribution in [2.45, 2.75) is 26.4 Å². The normalized spacial score (nSPS) is 17.6. The Morgan fingerprint density at radius 2 is 1.94 bits per heavy atom. The molecule has 1 rings (SSSR count). The summed E-state index contributed by atoms with van der Waals surface area (Å²) in [7, 11) is 0. The van der Waals surface area contributed by atoms with Crippen molar-refractivity contribution in [3.63, 3.8) is 0 Å². The fourth-order valence-electron chi connectivity index (χ4n) is 1.52. The zero-order chi connectivity index (χ0) is 13.1. The van der Waals surface area contributed by atoms with E-state index in [1.54, 1.807) is 25.8 Å². The second kappa shape index (κ2) is 5.33. The lowest BCUT2D eigenvalue weighted by Gasteiger charge is -2.36. The van der Waals surface area contributed by atoms with Crippen LogP contribution in [-0.2, 0) is 4.74 Å². The quantitative estimate of drug-likeness (QED) is 0.443. The maximum Gasteiger partial charge on any atom is 0.432 e. The van der Waals surface area contributed by atoms with E-state index < -0.39 is 11.7 Å². The Hall–Kier alpha value is -1.34. The highest BCUT2D eigenvalue weighted by atomic mass is 16.6. The molecule has 17 heavy (non-hydrogen) atoms. The van der Waals surface area contributed by atoms with Gasteiger partial charge in [-0.05, 0) is 20.8 Å². The van der Waals surface area contributed by atoms with Gasteiger partial charge in [-0.2, -0.15) is 5.01 Å². The third-order valence-electron chi connectivity index (χ3n) is 2.17. The van der Waals surface area contributed by atoms with E-state index >= 15 is 0 Å². The third-order valence-corrected chi connectivity index (χ3v) is 2.17. The highest BCUT2D eigenvalue weighted by Crippen LogP contribution is 2.11. The Balaban J connectivity index is 2.71. The standard InChI is InChI=1S/C10H21N5O2/c1-10(2,3)17-9(16)15(8(11)12)14-6-4-13-5-7-14/h13H,4-7H2,1-3H3,(H3,11,12). The molecule has 1 saturated heterocycles. The van der Waals surface area contributed by atoms with Gasteiger partial charge in [-0.3, -0.25) is 5.41 Å². The molecule has 0 spiro atoms. The average molecular weight is 243 g/mol. The van der Waals surface area contributed by atoms with Crippen LogP contribution in [0.15, 0.2) is 0 Å². The first-order valence-electron chi connectivity index (χ1n) is 5.64. The molecule has 1 amide bonds. The van der Waals surface area contributed by atoms with Gasteiger partial charge in [0.25, 0.3) is 0 Å². The number of nitrogens with one attached hydrogen (secondary N) is 2. The Morgan fingerprint density at radius 3 is 2.35 bits per heavy atom. The third kappa shape index (κ3) is 4.20. The number of ether oxygens (including phenoxy) is 1. The molecule has 1 fully saturated rings. The minimum absolute atomic E-state index is 0.318. The van der Waals surface area contributed by atoms with Gasteiger partial charge in [-0.15, -0.1) is 0 Å². The Morgan fingerprint density at radius 1 is 1.41 bits per heavy atom. The molecule has 1 aliphatic heterocycles. The van der Waals surface area contributed by atoms with Crippen LogP contribution in [0.5, 0.6) is 0 Å². The average Bonchev–Trinajstić information content (AvgIpc) is 2.15. The van der Waals surface area contributed by atoms with Crippen molar-refractivity contribution in [3.05, 3.63) is 0 Å². The maximum atomic E-state index is 11.9. The lowest BCUT2D eigenvalue weighted by Crippen LogP contribution is -2.59. The van der Waals surface area contributed by atoms with Crippen molar-refractivity contribution in [1.82, 2.24) is 15.3 Å². The van der Waals surface area contributed by atoms with Crippen LogP contribution in [0.3, 0.4) is 0 Å². The van der Waals surface area contributed by atoms with Gasteiger partial charge in [0.1, 0.15) is 5.60 Å². The van der Waals surface area contributed by atoms with E-state index in [1.165, 1.54) is 0 Å². The summed E-state index contributed by atoms with van der Waals surface area (Å²) >= 11 is 0. The van der Waals surface area contributed by atoms with Crippen LogP contribution < -0.4 is 11.1 Å². The minimum Gasteiger partial charge on any atom is -0.442 e. The van der Waals surface area contributed by atoms with Crippen LogP contribution in [0.4, 0.5) is 4.79 Å². The SMILES string of the molecule is CC(C)(C)OC(=O)N(C(=N)N)N1CCNCC1. The van der Waals surface area contributed by atoms with Gasteiger partial charge in [0.15, 0.2) is 0 Å². The van der Waals surface area contributed by atoms with Gasteiger partial charge >= 0.3 is 6.09 Å². The number of piperazine rings is 1. The topological polar surface area (TPSA) is 94.7 Å². The molecule has 1 heterocycles. The number of carbonyl (C=O) groups is 1. The molecule has 0 aromatic carbocycles. The largest absolute Gasteiger partial charge is 0.442 e. The molecular formula is C10H21N5O2. The minimum atomic E-state index is -0.605. The Labute approximate surface area is 101 Å². The van der Waals surface area contributed by atoms with Crippen LogP contribution in [0.25, 0.3) is 0 Å². The van der Waals surface area contributed by atoms with E-state index in [9.17, 15) is 4.79 Å².